The smallest absolute Gasteiger partial charge is 0.332 e. The number of hydrogen-bond donors (Lipinski definition) is 1. The van der Waals surface area contributed by atoms with Crippen LogP contribution in [0.5, 0.6) is 11.5 Å². The third-order valence-electron chi connectivity index (χ3n) is 6.09. The van der Waals surface area contributed by atoms with Crippen LogP contribution in [-0.2, 0) is 13.1 Å². The van der Waals surface area contributed by atoms with Gasteiger partial charge in [0.15, 0.2) is 17.1 Å². The Hall–Kier alpha value is -3.43. The number of imidazole rings is 1. The number of aromatic nitrogens is 4. The molecule has 1 N–H and O–H groups in total. The Morgan fingerprint density at radius 2 is 1.82 bits per heavy atom. The molecule has 2 heterocycles. The number of nitrogens with zero attached hydrogens (tertiary/aromatic N) is 3. The van der Waals surface area contributed by atoms with Gasteiger partial charge < -0.3 is 14.5 Å². The minimum atomic E-state index is -2.61. The summed E-state index contributed by atoms with van der Waals surface area (Å²) in [6.07, 6.45) is 3.48. The number of alkyl halides is 2. The molecular weight excluding hydrogens is 446 g/mol. The molecule has 1 aliphatic carbocycles. The fraction of sp³-hybridized carbons (Fsp3) is 0.458. The fourth-order valence-corrected chi connectivity index (χ4v) is 4.20. The molecule has 0 aliphatic heterocycles. The summed E-state index contributed by atoms with van der Waals surface area (Å²) >= 11 is 0. The number of aromatic amines is 1. The number of halogens is 2. The summed E-state index contributed by atoms with van der Waals surface area (Å²) in [6.45, 7) is 4.23. The molecule has 0 bridgehead atoms. The average Bonchev–Trinajstić information content (AvgIpc) is 3.24. The fourth-order valence-electron chi connectivity index (χ4n) is 4.20. The molecule has 1 aliphatic rings. The van der Waals surface area contributed by atoms with Crippen LogP contribution in [0.4, 0.5) is 8.78 Å². The molecule has 0 atom stereocenters. The number of nitrogens with one attached hydrogen (secondary N) is 1. The van der Waals surface area contributed by atoms with E-state index in [2.05, 4.69) is 9.97 Å². The van der Waals surface area contributed by atoms with Crippen LogP contribution >= 0.6 is 0 Å². The second-order valence-electron chi connectivity index (χ2n) is 8.31. The lowest BCUT2D eigenvalue weighted by molar-refractivity contribution is -0.0584. The highest BCUT2D eigenvalue weighted by molar-refractivity contribution is 5.76. The summed E-state index contributed by atoms with van der Waals surface area (Å²) in [6, 6.07) is 5.34. The Balaban J connectivity index is 1.57. The minimum Gasteiger partial charge on any atom is -0.493 e. The summed E-state index contributed by atoms with van der Waals surface area (Å²) in [5.74, 6) is -1.17. The van der Waals surface area contributed by atoms with Crippen LogP contribution in [-0.4, -0.2) is 38.2 Å². The van der Waals surface area contributed by atoms with Crippen molar-refractivity contribution in [3.8, 4) is 11.5 Å². The van der Waals surface area contributed by atoms with Crippen LogP contribution in [0.2, 0.25) is 0 Å². The third kappa shape index (κ3) is 4.62. The molecule has 10 heteroatoms. The number of methoxy groups -OCH3 is 1. The third-order valence-corrected chi connectivity index (χ3v) is 6.09. The predicted molar refractivity (Wildman–Crippen MR) is 126 cm³/mol. The quantitative estimate of drug-likeness (QED) is 0.558. The van der Waals surface area contributed by atoms with E-state index in [0.29, 0.717) is 42.4 Å². The summed E-state index contributed by atoms with van der Waals surface area (Å²) in [5, 5.41) is 0. The Morgan fingerprint density at radius 1 is 1.12 bits per heavy atom. The van der Waals surface area contributed by atoms with Crippen molar-refractivity contribution in [2.24, 2.45) is 0 Å². The van der Waals surface area contributed by atoms with Crippen molar-refractivity contribution < 1.29 is 18.3 Å². The zero-order chi connectivity index (χ0) is 24.5. The molecule has 0 amide bonds. The van der Waals surface area contributed by atoms with Gasteiger partial charge in [-0.3, -0.25) is 13.9 Å². The van der Waals surface area contributed by atoms with Crippen LogP contribution < -0.4 is 20.7 Å². The second kappa shape index (κ2) is 9.44. The number of ether oxygens (including phenoxy) is 2. The van der Waals surface area contributed by atoms with Crippen molar-refractivity contribution in [1.82, 2.24) is 19.1 Å². The lowest BCUT2D eigenvalue weighted by Crippen LogP contribution is -2.39. The van der Waals surface area contributed by atoms with Gasteiger partial charge in [0.05, 0.1) is 13.2 Å². The summed E-state index contributed by atoms with van der Waals surface area (Å²) in [7, 11) is 1.52. The number of fused-ring (bicyclic) bond motifs is 1. The first-order valence-corrected chi connectivity index (χ1v) is 11.4. The van der Waals surface area contributed by atoms with Gasteiger partial charge in [0, 0.05) is 25.9 Å². The zero-order valence-corrected chi connectivity index (χ0v) is 19.4. The van der Waals surface area contributed by atoms with E-state index >= 15 is 0 Å². The first-order valence-electron chi connectivity index (χ1n) is 11.4. The van der Waals surface area contributed by atoms with Crippen molar-refractivity contribution in [1.29, 1.82) is 0 Å². The van der Waals surface area contributed by atoms with E-state index in [0.717, 1.165) is 5.56 Å². The maximum absolute atomic E-state index is 13.4. The van der Waals surface area contributed by atoms with Gasteiger partial charge in [-0.2, -0.15) is 0 Å². The SMILES string of the molecule is CCn1c(=O)c2[nH]c(/C=C/c3ccc(OC4CCC(F)(F)CC4)c(OC)c3)nc2n(CC)c1=O. The first kappa shape index (κ1) is 23.7. The number of H-pyrrole nitrogens is 1. The van der Waals surface area contributed by atoms with Crippen LogP contribution in [0.15, 0.2) is 27.8 Å². The molecule has 4 rings (SSSR count). The predicted octanol–water partition coefficient (Wildman–Crippen LogP) is 4.06. The molecule has 8 nitrogen and oxygen atoms in total. The Bertz CT molecular complexity index is 1330. The second-order valence-corrected chi connectivity index (χ2v) is 8.31. The van der Waals surface area contributed by atoms with E-state index < -0.39 is 11.5 Å². The van der Waals surface area contributed by atoms with E-state index in [1.54, 1.807) is 31.2 Å². The van der Waals surface area contributed by atoms with Gasteiger partial charge in [0.25, 0.3) is 5.56 Å². The minimum absolute atomic E-state index is 0.173. The van der Waals surface area contributed by atoms with Gasteiger partial charge in [-0.05, 0) is 50.5 Å². The normalized spacial score (nSPS) is 16.4. The van der Waals surface area contributed by atoms with Crippen molar-refractivity contribution in [3.63, 3.8) is 0 Å². The van der Waals surface area contributed by atoms with Gasteiger partial charge >= 0.3 is 5.69 Å². The maximum Gasteiger partial charge on any atom is 0.332 e. The topological polar surface area (TPSA) is 91.1 Å². The monoisotopic (exact) mass is 474 g/mol. The lowest BCUT2D eigenvalue weighted by atomic mass is 9.94. The highest BCUT2D eigenvalue weighted by Gasteiger charge is 2.36. The molecule has 2 aromatic heterocycles. The zero-order valence-electron chi connectivity index (χ0n) is 19.4. The summed E-state index contributed by atoms with van der Waals surface area (Å²) in [5.41, 5.74) is 0.608. The molecule has 1 fully saturated rings. The van der Waals surface area contributed by atoms with Crippen molar-refractivity contribution in [2.75, 3.05) is 7.11 Å². The number of hydrogen-bond acceptors (Lipinski definition) is 5. The van der Waals surface area contributed by atoms with Crippen molar-refractivity contribution in [2.45, 2.75) is 64.6 Å². The van der Waals surface area contributed by atoms with Crippen LogP contribution in [0.25, 0.3) is 23.3 Å². The molecule has 0 radical (unpaired) electrons. The van der Waals surface area contributed by atoms with Crippen LogP contribution in [0, 0.1) is 0 Å². The molecule has 3 aromatic rings. The maximum atomic E-state index is 13.4. The Kier molecular flexibility index (Phi) is 6.58. The molecule has 34 heavy (non-hydrogen) atoms. The van der Waals surface area contributed by atoms with Crippen molar-refractivity contribution >= 4 is 23.3 Å². The highest BCUT2D eigenvalue weighted by atomic mass is 19.3. The Labute approximate surface area is 194 Å². The average molecular weight is 475 g/mol. The molecule has 1 aromatic carbocycles. The first-order chi connectivity index (χ1) is 16.3. The Morgan fingerprint density at radius 3 is 2.47 bits per heavy atom. The van der Waals surface area contributed by atoms with Gasteiger partial charge in [-0.15, -0.1) is 0 Å². The van der Waals surface area contributed by atoms with E-state index in [9.17, 15) is 18.4 Å². The molecular formula is C24H28F2N4O4. The standard InChI is InChI=1S/C24H28F2N4O4/c1-4-29-21-20(22(31)30(5-2)23(29)32)27-19(28-21)9-7-15-6-8-17(18(14-15)33-3)34-16-10-12-24(25,26)13-11-16/h6-9,14,16H,4-5,10-13H2,1-3H3,(H,27,28)/b9-7+. The van der Waals surface area contributed by atoms with Gasteiger partial charge in [-0.1, -0.05) is 12.1 Å². The largest absolute Gasteiger partial charge is 0.493 e. The molecule has 182 valence electrons. The van der Waals surface area contributed by atoms with Crippen molar-refractivity contribution in [3.05, 3.63) is 50.4 Å². The van der Waals surface area contributed by atoms with Gasteiger partial charge in [0.1, 0.15) is 11.3 Å². The van der Waals surface area contributed by atoms with E-state index in [4.69, 9.17) is 9.47 Å². The van der Waals surface area contributed by atoms with Gasteiger partial charge in [0.2, 0.25) is 5.92 Å². The molecule has 0 unspecified atom stereocenters. The van der Waals surface area contributed by atoms with E-state index in [1.807, 2.05) is 13.0 Å². The summed E-state index contributed by atoms with van der Waals surface area (Å²) in [4.78, 5) is 32.6. The summed E-state index contributed by atoms with van der Waals surface area (Å²) < 4.78 is 40.8. The highest BCUT2D eigenvalue weighted by Crippen LogP contribution is 2.37. The number of rotatable bonds is 7. The van der Waals surface area contributed by atoms with Crippen LogP contribution in [0.3, 0.4) is 0 Å². The number of benzene rings is 1. The lowest BCUT2D eigenvalue weighted by Gasteiger charge is -2.29. The van der Waals surface area contributed by atoms with E-state index in [1.165, 1.54) is 16.2 Å². The number of aryl methyl sites for hydroxylation is 1. The molecule has 0 spiro atoms. The van der Waals surface area contributed by atoms with Gasteiger partial charge in [-0.25, -0.2) is 18.6 Å². The molecule has 0 saturated heterocycles. The molecule has 1 saturated carbocycles. The van der Waals surface area contributed by atoms with Crippen LogP contribution in [0.1, 0.15) is 50.9 Å². The van der Waals surface area contributed by atoms with E-state index in [-0.39, 0.29) is 36.7 Å².